The number of aromatic amines is 1. The van der Waals surface area contributed by atoms with Crippen LogP contribution in [-0.2, 0) is 4.74 Å². The van der Waals surface area contributed by atoms with Gasteiger partial charge in [0.1, 0.15) is 4.88 Å². The second-order valence-corrected chi connectivity index (χ2v) is 4.26. The Bertz CT molecular complexity index is 397. The summed E-state index contributed by atoms with van der Waals surface area (Å²) in [4.78, 5) is 25.4. The van der Waals surface area contributed by atoms with Gasteiger partial charge in [-0.1, -0.05) is 11.3 Å². The Morgan fingerprint density at radius 1 is 1.56 bits per heavy atom. The first-order valence-electron chi connectivity index (χ1n) is 5.20. The number of amides is 1. The van der Waals surface area contributed by atoms with Gasteiger partial charge in [-0.05, 0) is 20.3 Å². The summed E-state index contributed by atoms with van der Waals surface area (Å²) < 4.78 is 5.14. The molecule has 0 atom stereocenters. The highest BCUT2D eigenvalue weighted by Crippen LogP contribution is 2.06. The first kappa shape index (κ1) is 12.9. The molecule has 0 spiro atoms. The lowest BCUT2D eigenvalue weighted by Gasteiger charge is -2.03. The summed E-state index contributed by atoms with van der Waals surface area (Å²) in [5, 5.41) is 2.74. The monoisotopic (exact) mass is 244 g/mol. The Balaban J connectivity index is 2.35. The summed E-state index contributed by atoms with van der Waals surface area (Å²) in [5.41, 5.74) is 0.623. The number of nitrogens with one attached hydrogen (secondary N) is 2. The molecule has 5 nitrogen and oxygen atoms in total. The summed E-state index contributed by atoms with van der Waals surface area (Å²) in [7, 11) is 0. The molecule has 0 aliphatic heterocycles. The minimum absolute atomic E-state index is 0.197. The van der Waals surface area contributed by atoms with Crippen LogP contribution in [0.1, 0.15) is 28.7 Å². The van der Waals surface area contributed by atoms with Gasteiger partial charge >= 0.3 is 4.87 Å². The van der Waals surface area contributed by atoms with E-state index in [1.807, 2.05) is 6.92 Å². The van der Waals surface area contributed by atoms with Crippen LogP contribution in [0.5, 0.6) is 0 Å². The lowest BCUT2D eigenvalue weighted by Crippen LogP contribution is -2.25. The molecule has 16 heavy (non-hydrogen) atoms. The van der Waals surface area contributed by atoms with Gasteiger partial charge in [0.2, 0.25) is 0 Å². The lowest BCUT2D eigenvalue weighted by molar-refractivity contribution is 0.0947. The number of aromatic nitrogens is 1. The van der Waals surface area contributed by atoms with Crippen LogP contribution in [0, 0.1) is 6.92 Å². The fourth-order valence-electron chi connectivity index (χ4n) is 1.22. The van der Waals surface area contributed by atoms with Gasteiger partial charge in [0.15, 0.2) is 0 Å². The van der Waals surface area contributed by atoms with Crippen molar-refractivity contribution in [3.63, 3.8) is 0 Å². The minimum atomic E-state index is -0.197. The van der Waals surface area contributed by atoms with E-state index in [2.05, 4.69) is 10.3 Å². The molecule has 0 aromatic carbocycles. The Labute approximate surface area is 97.8 Å². The Morgan fingerprint density at radius 3 is 2.88 bits per heavy atom. The third-order valence-electron chi connectivity index (χ3n) is 1.99. The van der Waals surface area contributed by atoms with Crippen molar-refractivity contribution in [2.75, 3.05) is 19.8 Å². The second kappa shape index (κ2) is 6.44. The van der Waals surface area contributed by atoms with E-state index in [1.54, 1.807) is 6.92 Å². The predicted molar refractivity (Wildman–Crippen MR) is 63.1 cm³/mol. The topological polar surface area (TPSA) is 71.2 Å². The van der Waals surface area contributed by atoms with E-state index >= 15 is 0 Å². The van der Waals surface area contributed by atoms with E-state index in [-0.39, 0.29) is 10.8 Å². The van der Waals surface area contributed by atoms with Crippen molar-refractivity contribution in [1.29, 1.82) is 0 Å². The van der Waals surface area contributed by atoms with Crippen molar-refractivity contribution < 1.29 is 9.53 Å². The van der Waals surface area contributed by atoms with Crippen LogP contribution in [0.2, 0.25) is 0 Å². The molecule has 0 bridgehead atoms. The Hall–Kier alpha value is -1.14. The SMILES string of the molecule is CCOCCCNC(=O)c1sc(=O)[nH]c1C. The van der Waals surface area contributed by atoms with Gasteiger partial charge < -0.3 is 15.0 Å². The fraction of sp³-hybridized carbons (Fsp3) is 0.600. The molecule has 90 valence electrons. The highest BCUT2D eigenvalue weighted by Gasteiger charge is 2.11. The van der Waals surface area contributed by atoms with Crippen molar-refractivity contribution in [1.82, 2.24) is 10.3 Å². The molecule has 0 unspecified atom stereocenters. The van der Waals surface area contributed by atoms with E-state index < -0.39 is 0 Å². The van der Waals surface area contributed by atoms with E-state index in [1.165, 1.54) is 0 Å². The summed E-state index contributed by atoms with van der Waals surface area (Å²) in [6, 6.07) is 0. The quantitative estimate of drug-likeness (QED) is 0.730. The van der Waals surface area contributed by atoms with Crippen LogP contribution in [0.15, 0.2) is 4.79 Å². The van der Waals surface area contributed by atoms with Crippen LogP contribution in [0.25, 0.3) is 0 Å². The molecule has 1 aromatic heterocycles. The smallest absolute Gasteiger partial charge is 0.305 e. The minimum Gasteiger partial charge on any atom is -0.382 e. The number of H-pyrrole nitrogens is 1. The largest absolute Gasteiger partial charge is 0.382 e. The lowest BCUT2D eigenvalue weighted by atomic mass is 10.3. The van der Waals surface area contributed by atoms with E-state index in [9.17, 15) is 9.59 Å². The number of thiazole rings is 1. The molecule has 1 amide bonds. The van der Waals surface area contributed by atoms with Crippen LogP contribution in [0.4, 0.5) is 0 Å². The molecule has 1 heterocycles. The molecule has 6 heteroatoms. The maximum atomic E-state index is 11.6. The van der Waals surface area contributed by atoms with Crippen molar-refractivity contribution in [3.05, 3.63) is 20.2 Å². The van der Waals surface area contributed by atoms with Gasteiger partial charge in [0.05, 0.1) is 0 Å². The van der Waals surface area contributed by atoms with Gasteiger partial charge in [-0.25, -0.2) is 0 Å². The third-order valence-corrected chi connectivity index (χ3v) is 2.97. The number of aryl methyl sites for hydroxylation is 1. The van der Waals surface area contributed by atoms with Gasteiger partial charge in [0.25, 0.3) is 5.91 Å². The number of ether oxygens (including phenoxy) is 1. The van der Waals surface area contributed by atoms with Crippen molar-refractivity contribution in [2.24, 2.45) is 0 Å². The molecule has 0 fully saturated rings. The average Bonchev–Trinajstić information content (AvgIpc) is 2.57. The molecule has 1 rings (SSSR count). The van der Waals surface area contributed by atoms with Gasteiger partial charge in [-0.15, -0.1) is 0 Å². The van der Waals surface area contributed by atoms with Gasteiger partial charge in [0, 0.05) is 25.5 Å². The molecule has 0 aliphatic rings. The van der Waals surface area contributed by atoms with Crippen LogP contribution in [-0.4, -0.2) is 30.6 Å². The maximum Gasteiger partial charge on any atom is 0.305 e. The van der Waals surface area contributed by atoms with Gasteiger partial charge in [-0.2, -0.15) is 0 Å². The van der Waals surface area contributed by atoms with E-state index in [0.29, 0.717) is 30.3 Å². The summed E-state index contributed by atoms with van der Waals surface area (Å²) >= 11 is 0.936. The van der Waals surface area contributed by atoms with E-state index in [0.717, 1.165) is 17.8 Å². The molecular formula is C10H16N2O3S. The summed E-state index contributed by atoms with van der Waals surface area (Å²) in [6.45, 7) is 5.53. The summed E-state index contributed by atoms with van der Waals surface area (Å²) in [5.74, 6) is -0.197. The first-order valence-corrected chi connectivity index (χ1v) is 6.02. The molecule has 0 saturated heterocycles. The van der Waals surface area contributed by atoms with Crippen LogP contribution >= 0.6 is 11.3 Å². The van der Waals surface area contributed by atoms with Crippen molar-refractivity contribution in [3.8, 4) is 0 Å². The number of hydrogen-bond acceptors (Lipinski definition) is 4. The molecule has 0 aliphatic carbocycles. The zero-order valence-electron chi connectivity index (χ0n) is 9.46. The Morgan fingerprint density at radius 2 is 2.31 bits per heavy atom. The average molecular weight is 244 g/mol. The van der Waals surface area contributed by atoms with Gasteiger partial charge in [-0.3, -0.25) is 9.59 Å². The number of carbonyl (C=O) groups is 1. The molecule has 1 aromatic rings. The molecule has 0 radical (unpaired) electrons. The number of hydrogen-bond donors (Lipinski definition) is 2. The zero-order chi connectivity index (χ0) is 12.0. The standard InChI is InChI=1S/C10H16N2O3S/c1-3-15-6-4-5-11-9(13)8-7(2)12-10(14)16-8/h3-6H2,1-2H3,(H,11,13)(H,12,14). The highest BCUT2D eigenvalue weighted by atomic mass is 32.1. The maximum absolute atomic E-state index is 11.6. The highest BCUT2D eigenvalue weighted by molar-refractivity contribution is 7.11. The third kappa shape index (κ3) is 3.79. The van der Waals surface area contributed by atoms with Crippen LogP contribution < -0.4 is 10.2 Å². The van der Waals surface area contributed by atoms with E-state index in [4.69, 9.17) is 4.74 Å². The fourth-order valence-corrected chi connectivity index (χ4v) is 1.98. The Kier molecular flexibility index (Phi) is 5.21. The van der Waals surface area contributed by atoms with Crippen molar-refractivity contribution >= 4 is 17.2 Å². The predicted octanol–water partition coefficient (Wildman–Crippen LogP) is 0.901. The first-order chi connectivity index (χ1) is 7.65. The molecule has 0 saturated carbocycles. The second-order valence-electron chi connectivity index (χ2n) is 3.28. The summed E-state index contributed by atoms with van der Waals surface area (Å²) in [6.07, 6.45) is 0.776. The number of rotatable bonds is 6. The normalized spacial score (nSPS) is 10.4. The van der Waals surface area contributed by atoms with Crippen LogP contribution in [0.3, 0.4) is 0 Å². The van der Waals surface area contributed by atoms with Crippen molar-refractivity contribution in [2.45, 2.75) is 20.3 Å². The molecule has 2 N–H and O–H groups in total. The number of carbonyl (C=O) groups excluding carboxylic acids is 1. The molecular weight excluding hydrogens is 228 g/mol. The zero-order valence-corrected chi connectivity index (χ0v) is 10.3.